The van der Waals surface area contributed by atoms with Crippen LogP contribution < -0.4 is 5.32 Å². The predicted molar refractivity (Wildman–Crippen MR) is 55.1 cm³/mol. The molecule has 3 aliphatic rings. The van der Waals surface area contributed by atoms with E-state index in [2.05, 4.69) is 5.32 Å². The summed E-state index contributed by atoms with van der Waals surface area (Å²) in [5, 5.41) is 3.58. The first-order valence-corrected chi connectivity index (χ1v) is 5.76. The van der Waals surface area contributed by atoms with E-state index in [9.17, 15) is 0 Å². The Hall–Kier alpha value is -0.120. The van der Waals surface area contributed by atoms with Gasteiger partial charge in [0.25, 0.3) is 0 Å². The summed E-state index contributed by atoms with van der Waals surface area (Å²) in [7, 11) is 0. The Morgan fingerprint density at radius 2 is 1.79 bits per heavy atom. The van der Waals surface area contributed by atoms with E-state index >= 15 is 0 Å². The quantitative estimate of drug-likeness (QED) is 0.631. The zero-order chi connectivity index (χ0) is 10.0. The summed E-state index contributed by atoms with van der Waals surface area (Å²) < 4.78 is 11.0. The fourth-order valence-electron chi connectivity index (χ4n) is 2.53. The molecule has 0 amide bonds. The van der Waals surface area contributed by atoms with Crippen molar-refractivity contribution in [2.75, 3.05) is 19.8 Å². The fraction of sp³-hybridized carbons (Fsp3) is 1.00. The molecule has 0 atom stereocenters. The first-order chi connectivity index (χ1) is 6.78. The van der Waals surface area contributed by atoms with Gasteiger partial charge >= 0.3 is 0 Å². The van der Waals surface area contributed by atoms with Crippen LogP contribution in [0.5, 0.6) is 0 Å². The highest BCUT2D eigenvalue weighted by molar-refractivity contribution is 5.13. The number of nitrogens with one attached hydrogen (secondary N) is 1. The standard InChI is InChI=1S/C11H21NO2/c1-3-13-10(14-4-2)8-12-11-5-9(6-11)7-11/h9-10,12H,3-8H2,1-2H3. The molecule has 0 aromatic heterocycles. The maximum absolute atomic E-state index is 5.48. The van der Waals surface area contributed by atoms with Crippen LogP contribution in [-0.4, -0.2) is 31.6 Å². The highest BCUT2D eigenvalue weighted by Gasteiger charge is 2.56. The maximum atomic E-state index is 5.48. The number of ether oxygens (including phenoxy) is 2. The molecule has 0 aromatic carbocycles. The van der Waals surface area contributed by atoms with Gasteiger partial charge in [0.2, 0.25) is 0 Å². The van der Waals surface area contributed by atoms with Crippen LogP contribution in [-0.2, 0) is 9.47 Å². The first kappa shape index (κ1) is 10.4. The largest absolute Gasteiger partial charge is 0.352 e. The molecule has 82 valence electrons. The molecule has 3 aliphatic carbocycles. The molecule has 3 fully saturated rings. The van der Waals surface area contributed by atoms with Crippen LogP contribution in [0.25, 0.3) is 0 Å². The molecule has 0 unspecified atom stereocenters. The first-order valence-electron chi connectivity index (χ1n) is 5.76. The second kappa shape index (κ2) is 4.17. The van der Waals surface area contributed by atoms with Crippen LogP contribution in [0.3, 0.4) is 0 Å². The normalized spacial score (nSPS) is 34.1. The van der Waals surface area contributed by atoms with Crippen LogP contribution in [0.1, 0.15) is 33.1 Å². The maximum Gasteiger partial charge on any atom is 0.169 e. The molecule has 0 spiro atoms. The van der Waals surface area contributed by atoms with Gasteiger partial charge < -0.3 is 14.8 Å². The Bertz CT molecular complexity index is 173. The highest BCUT2D eigenvalue weighted by atomic mass is 16.7. The minimum atomic E-state index is -0.0565. The van der Waals surface area contributed by atoms with Gasteiger partial charge in [0.1, 0.15) is 0 Å². The summed E-state index contributed by atoms with van der Waals surface area (Å²) in [6.07, 6.45) is 4.06. The molecule has 3 heteroatoms. The van der Waals surface area contributed by atoms with Gasteiger partial charge in [-0.15, -0.1) is 0 Å². The lowest BCUT2D eigenvalue weighted by Gasteiger charge is -2.62. The third kappa shape index (κ3) is 1.95. The summed E-state index contributed by atoms with van der Waals surface area (Å²) in [6.45, 7) is 6.30. The molecular weight excluding hydrogens is 178 g/mol. The molecule has 14 heavy (non-hydrogen) atoms. The van der Waals surface area contributed by atoms with Crippen molar-refractivity contribution in [2.45, 2.75) is 44.9 Å². The Morgan fingerprint density at radius 1 is 1.21 bits per heavy atom. The molecule has 3 saturated carbocycles. The second-order valence-corrected chi connectivity index (χ2v) is 4.48. The van der Waals surface area contributed by atoms with Crippen molar-refractivity contribution >= 4 is 0 Å². The molecule has 0 radical (unpaired) electrons. The minimum absolute atomic E-state index is 0.0565. The van der Waals surface area contributed by atoms with Crippen molar-refractivity contribution in [3.8, 4) is 0 Å². The third-order valence-electron chi connectivity index (χ3n) is 3.39. The van der Waals surface area contributed by atoms with E-state index in [4.69, 9.17) is 9.47 Å². The van der Waals surface area contributed by atoms with Crippen molar-refractivity contribution < 1.29 is 9.47 Å². The van der Waals surface area contributed by atoms with Crippen molar-refractivity contribution in [3.05, 3.63) is 0 Å². The van der Waals surface area contributed by atoms with Gasteiger partial charge in [-0.3, -0.25) is 0 Å². The van der Waals surface area contributed by atoms with Gasteiger partial charge in [-0.05, 0) is 39.0 Å². The second-order valence-electron chi connectivity index (χ2n) is 4.48. The Morgan fingerprint density at radius 3 is 2.14 bits per heavy atom. The molecule has 0 saturated heterocycles. The minimum Gasteiger partial charge on any atom is -0.352 e. The van der Waals surface area contributed by atoms with Gasteiger partial charge in [-0.2, -0.15) is 0 Å². The van der Waals surface area contributed by atoms with Gasteiger partial charge in [0.05, 0.1) is 0 Å². The molecular formula is C11H21NO2. The van der Waals surface area contributed by atoms with Gasteiger partial charge in [-0.1, -0.05) is 0 Å². The summed E-state index contributed by atoms with van der Waals surface area (Å²) in [5.74, 6) is 1.03. The fourth-order valence-corrected chi connectivity index (χ4v) is 2.53. The lowest BCUT2D eigenvalue weighted by Crippen LogP contribution is -2.67. The lowest BCUT2D eigenvalue weighted by atomic mass is 9.50. The number of rotatable bonds is 7. The molecule has 0 heterocycles. The smallest absolute Gasteiger partial charge is 0.169 e. The third-order valence-corrected chi connectivity index (χ3v) is 3.39. The summed E-state index contributed by atoms with van der Waals surface area (Å²) in [4.78, 5) is 0. The molecule has 3 rings (SSSR count). The van der Waals surface area contributed by atoms with E-state index in [0.29, 0.717) is 5.54 Å². The summed E-state index contributed by atoms with van der Waals surface area (Å²) >= 11 is 0. The van der Waals surface area contributed by atoms with Crippen molar-refractivity contribution in [1.82, 2.24) is 5.32 Å². The molecule has 3 nitrogen and oxygen atoms in total. The van der Waals surface area contributed by atoms with Crippen LogP contribution in [0, 0.1) is 5.92 Å². The molecule has 1 N–H and O–H groups in total. The van der Waals surface area contributed by atoms with E-state index in [-0.39, 0.29) is 6.29 Å². The summed E-state index contributed by atoms with van der Waals surface area (Å²) in [5.41, 5.74) is 0.483. The van der Waals surface area contributed by atoms with Crippen LogP contribution in [0.15, 0.2) is 0 Å². The van der Waals surface area contributed by atoms with Crippen LogP contribution >= 0.6 is 0 Å². The number of hydrogen-bond acceptors (Lipinski definition) is 3. The van der Waals surface area contributed by atoms with E-state index in [1.807, 2.05) is 13.8 Å². The lowest BCUT2D eigenvalue weighted by molar-refractivity contribution is -0.147. The summed E-state index contributed by atoms with van der Waals surface area (Å²) in [6, 6.07) is 0. The number of hydrogen-bond donors (Lipinski definition) is 1. The average molecular weight is 199 g/mol. The van der Waals surface area contributed by atoms with Gasteiger partial charge in [0, 0.05) is 25.3 Å². The SMILES string of the molecule is CCOC(CNC12CC(C1)C2)OCC. The van der Waals surface area contributed by atoms with E-state index < -0.39 is 0 Å². The van der Waals surface area contributed by atoms with Crippen molar-refractivity contribution in [3.63, 3.8) is 0 Å². The molecule has 0 aliphatic heterocycles. The van der Waals surface area contributed by atoms with Crippen LogP contribution in [0.4, 0.5) is 0 Å². The zero-order valence-electron chi connectivity index (χ0n) is 9.21. The monoisotopic (exact) mass is 199 g/mol. The Balaban J connectivity index is 1.65. The predicted octanol–water partition coefficient (Wildman–Crippen LogP) is 1.53. The molecule has 0 aromatic rings. The van der Waals surface area contributed by atoms with Crippen molar-refractivity contribution in [2.24, 2.45) is 5.92 Å². The van der Waals surface area contributed by atoms with Gasteiger partial charge in [-0.25, -0.2) is 0 Å². The average Bonchev–Trinajstić information content (AvgIpc) is 2.00. The van der Waals surface area contributed by atoms with Crippen molar-refractivity contribution in [1.29, 1.82) is 0 Å². The zero-order valence-corrected chi connectivity index (χ0v) is 9.21. The van der Waals surface area contributed by atoms with E-state index in [1.54, 1.807) is 0 Å². The van der Waals surface area contributed by atoms with Gasteiger partial charge in [0.15, 0.2) is 6.29 Å². The Kier molecular flexibility index (Phi) is 3.10. The topological polar surface area (TPSA) is 30.5 Å². The Labute approximate surface area is 86.2 Å². The molecule has 2 bridgehead atoms. The highest BCUT2D eigenvalue weighted by Crippen LogP contribution is 2.56. The van der Waals surface area contributed by atoms with E-state index in [0.717, 1.165) is 25.7 Å². The van der Waals surface area contributed by atoms with Crippen LogP contribution in [0.2, 0.25) is 0 Å². The van der Waals surface area contributed by atoms with E-state index in [1.165, 1.54) is 19.3 Å².